The van der Waals surface area contributed by atoms with E-state index in [0.717, 1.165) is 24.0 Å². The van der Waals surface area contributed by atoms with E-state index in [0.29, 0.717) is 30.8 Å². The van der Waals surface area contributed by atoms with Crippen molar-refractivity contribution in [2.24, 2.45) is 0 Å². The number of aliphatic hydroxyl groups is 1. The maximum atomic E-state index is 14.0. The minimum atomic E-state index is -4.81. The summed E-state index contributed by atoms with van der Waals surface area (Å²) in [7, 11) is 1.26. The van der Waals surface area contributed by atoms with Crippen LogP contribution in [0.15, 0.2) is 47.6 Å². The van der Waals surface area contributed by atoms with Crippen molar-refractivity contribution in [2.75, 3.05) is 44.9 Å². The molecule has 0 unspecified atom stereocenters. The number of anilines is 1. The second-order valence-corrected chi connectivity index (χ2v) is 9.39. The number of amides is 1. The molecule has 12 heteroatoms. The Morgan fingerprint density at radius 3 is 2.62 bits per heavy atom. The molecule has 2 heterocycles. The van der Waals surface area contributed by atoms with Gasteiger partial charge < -0.3 is 24.8 Å². The van der Waals surface area contributed by atoms with Gasteiger partial charge in [0.15, 0.2) is 5.69 Å². The topological polar surface area (TPSA) is 106 Å². The van der Waals surface area contributed by atoms with Crippen molar-refractivity contribution < 1.29 is 37.3 Å². The highest BCUT2D eigenvalue weighted by atomic mass is 19.4. The lowest BCUT2D eigenvalue weighted by Gasteiger charge is -2.23. The monoisotopic (exact) mass is 548 g/mol. The van der Waals surface area contributed by atoms with E-state index in [9.17, 15) is 22.8 Å². The van der Waals surface area contributed by atoms with Crippen LogP contribution in [-0.2, 0) is 22.2 Å². The molecule has 1 aromatic carbocycles. The molecule has 0 saturated heterocycles. The molecular weight excluding hydrogens is 517 g/mol. The Balaban J connectivity index is 1.56. The van der Waals surface area contributed by atoms with Crippen LogP contribution in [0, 0.1) is 0 Å². The molecule has 2 aromatic rings. The Morgan fingerprint density at radius 2 is 1.95 bits per heavy atom. The first kappa shape index (κ1) is 28.4. The van der Waals surface area contributed by atoms with E-state index < -0.39 is 35.4 Å². The first-order valence-corrected chi connectivity index (χ1v) is 12.6. The van der Waals surface area contributed by atoms with Crippen molar-refractivity contribution in [3.05, 3.63) is 69.9 Å². The minimum Gasteiger partial charge on any atom is -0.465 e. The first-order valence-electron chi connectivity index (χ1n) is 12.6. The maximum absolute atomic E-state index is 14.0. The number of carbonyl (C=O) groups excluding carboxylic acids is 2. The van der Waals surface area contributed by atoms with Crippen LogP contribution >= 0.6 is 0 Å². The summed E-state index contributed by atoms with van der Waals surface area (Å²) in [5.41, 5.74) is 1.16. The largest absolute Gasteiger partial charge is 0.465 e. The smallest absolute Gasteiger partial charge is 0.436 e. The number of aromatic nitrogens is 2. The number of alkyl halides is 3. The maximum Gasteiger partial charge on any atom is 0.436 e. The van der Waals surface area contributed by atoms with E-state index in [2.05, 4.69) is 15.2 Å². The lowest BCUT2D eigenvalue weighted by atomic mass is 9.99. The third kappa shape index (κ3) is 6.51. The van der Waals surface area contributed by atoms with Gasteiger partial charge >= 0.3 is 12.1 Å². The average Bonchev–Trinajstić information content (AvgIpc) is 3.49. The van der Waals surface area contributed by atoms with Crippen LogP contribution in [0.5, 0.6) is 0 Å². The summed E-state index contributed by atoms with van der Waals surface area (Å²) in [5.74, 6) is -1.26. The summed E-state index contributed by atoms with van der Waals surface area (Å²) in [4.78, 5) is 26.8. The Labute approximate surface area is 223 Å². The van der Waals surface area contributed by atoms with E-state index in [1.807, 2.05) is 12.2 Å². The van der Waals surface area contributed by atoms with Gasteiger partial charge in [-0.15, -0.1) is 0 Å². The zero-order chi connectivity index (χ0) is 28.2. The number of esters is 1. The summed E-state index contributed by atoms with van der Waals surface area (Å²) in [6.07, 6.45) is 0.689. The number of hydrogen-bond donors (Lipinski definition) is 2. The van der Waals surface area contributed by atoms with Gasteiger partial charge in [0.2, 0.25) is 0 Å². The van der Waals surface area contributed by atoms with Crippen LogP contribution in [0.1, 0.15) is 57.8 Å². The molecule has 2 aliphatic rings. The van der Waals surface area contributed by atoms with Gasteiger partial charge in [-0.1, -0.05) is 29.9 Å². The van der Waals surface area contributed by atoms with Crippen LogP contribution in [-0.4, -0.2) is 66.8 Å². The number of rotatable bonds is 10. The highest BCUT2D eigenvalue weighted by Gasteiger charge is 2.44. The van der Waals surface area contributed by atoms with Gasteiger partial charge in [0.1, 0.15) is 11.4 Å². The number of ether oxygens (including phenoxy) is 2. The van der Waals surface area contributed by atoms with Crippen LogP contribution in [0.4, 0.5) is 19.0 Å². The molecule has 0 fully saturated rings. The first-order chi connectivity index (χ1) is 18.6. The lowest BCUT2D eigenvalue weighted by Crippen LogP contribution is -2.32. The van der Waals surface area contributed by atoms with Gasteiger partial charge in [0.05, 0.1) is 45.1 Å². The Bertz CT molecular complexity index is 1270. The zero-order valence-corrected chi connectivity index (χ0v) is 21.8. The normalized spacial score (nSPS) is 15.9. The second-order valence-electron chi connectivity index (χ2n) is 9.39. The number of carbonyl (C=O) groups is 2. The van der Waals surface area contributed by atoms with Crippen molar-refractivity contribution in [3.8, 4) is 0 Å². The van der Waals surface area contributed by atoms with Crippen molar-refractivity contribution in [1.29, 1.82) is 0 Å². The van der Waals surface area contributed by atoms with E-state index in [4.69, 9.17) is 9.84 Å². The zero-order valence-electron chi connectivity index (χ0n) is 21.8. The Hall–Kier alpha value is -3.64. The molecule has 1 atom stereocenters. The van der Waals surface area contributed by atoms with Gasteiger partial charge in [-0.2, -0.15) is 18.3 Å². The van der Waals surface area contributed by atoms with Crippen molar-refractivity contribution >= 4 is 17.7 Å². The molecule has 39 heavy (non-hydrogen) atoms. The molecule has 1 amide bonds. The summed E-state index contributed by atoms with van der Waals surface area (Å²) >= 11 is 0. The molecule has 4 rings (SSSR count). The highest BCUT2D eigenvalue weighted by molar-refractivity contribution is 6.01. The van der Waals surface area contributed by atoms with E-state index in [-0.39, 0.29) is 25.6 Å². The van der Waals surface area contributed by atoms with Gasteiger partial charge in [-0.05, 0) is 43.0 Å². The minimum absolute atomic E-state index is 0.0780. The molecule has 0 bridgehead atoms. The van der Waals surface area contributed by atoms with Gasteiger partial charge in [0, 0.05) is 13.1 Å². The standard InChI is InChI=1S/C27H31F3N4O5/c1-17(20-6-8-21(9-7-20)26(37)38-2)31-24(36)22-23(27(28,29)30)32-34-11-10-33(25(22)34)15-18-4-3-5-19(14-18)16-39-13-12-35/h5-9,14,17,35H,3-4,10-13,15-16H2,1-2H3,(H,31,36)/t17-/m0/s1. The number of benzene rings is 1. The Kier molecular flexibility index (Phi) is 8.76. The average molecular weight is 549 g/mol. The van der Waals surface area contributed by atoms with Crippen LogP contribution in [0.25, 0.3) is 0 Å². The van der Waals surface area contributed by atoms with Crippen molar-refractivity contribution in [3.63, 3.8) is 0 Å². The van der Waals surface area contributed by atoms with Crippen molar-refractivity contribution in [1.82, 2.24) is 15.1 Å². The second kappa shape index (κ2) is 12.0. The molecule has 210 valence electrons. The van der Waals surface area contributed by atoms with Crippen LogP contribution in [0.3, 0.4) is 0 Å². The summed E-state index contributed by atoms with van der Waals surface area (Å²) < 4.78 is 53.3. The van der Waals surface area contributed by atoms with Crippen LogP contribution < -0.4 is 10.2 Å². The summed E-state index contributed by atoms with van der Waals surface area (Å²) in [6, 6.07) is 5.64. The number of nitrogens with zero attached hydrogens (tertiary/aromatic N) is 3. The number of methoxy groups -OCH3 is 1. The van der Waals surface area contributed by atoms with E-state index in [1.54, 1.807) is 24.0 Å². The molecule has 2 N–H and O–H groups in total. The number of nitrogens with one attached hydrogen (secondary N) is 1. The number of allylic oxidation sites excluding steroid dienone is 1. The number of aliphatic hydroxyl groups excluding tert-OH is 1. The number of halogens is 3. The number of hydrogen-bond acceptors (Lipinski definition) is 7. The predicted octanol–water partition coefficient (Wildman–Crippen LogP) is 3.66. The molecule has 0 radical (unpaired) electrons. The SMILES string of the molecule is COC(=O)c1ccc([C@H](C)NC(=O)c2c(C(F)(F)F)nn3c2N(CC2=CC(COCCO)=CCC2)CC3)cc1. The van der Waals surface area contributed by atoms with Crippen molar-refractivity contribution in [2.45, 2.75) is 38.5 Å². The fourth-order valence-electron chi connectivity index (χ4n) is 4.75. The third-order valence-corrected chi connectivity index (χ3v) is 6.64. The van der Waals surface area contributed by atoms with Gasteiger partial charge in [-0.25, -0.2) is 9.48 Å². The summed E-state index contributed by atoms with van der Waals surface area (Å²) in [5, 5.41) is 15.4. The molecule has 0 saturated carbocycles. The number of fused-ring (bicyclic) bond motifs is 1. The molecule has 9 nitrogen and oxygen atoms in total. The summed E-state index contributed by atoms with van der Waals surface area (Å²) in [6.45, 7) is 3.13. The lowest BCUT2D eigenvalue weighted by molar-refractivity contribution is -0.141. The molecule has 1 aliphatic heterocycles. The molecular formula is C27H31F3N4O5. The van der Waals surface area contributed by atoms with Gasteiger partial charge in [0.25, 0.3) is 5.91 Å². The predicted molar refractivity (Wildman–Crippen MR) is 136 cm³/mol. The van der Waals surface area contributed by atoms with Gasteiger partial charge in [-0.3, -0.25) is 4.79 Å². The quantitative estimate of drug-likeness (QED) is 0.345. The molecule has 0 spiro atoms. The fraction of sp³-hybridized carbons (Fsp3) is 0.444. The fourth-order valence-corrected chi connectivity index (χ4v) is 4.75. The Morgan fingerprint density at radius 1 is 1.21 bits per heavy atom. The van der Waals surface area contributed by atoms with E-state index >= 15 is 0 Å². The van der Waals surface area contributed by atoms with E-state index in [1.165, 1.54) is 23.9 Å². The van der Waals surface area contributed by atoms with Crippen LogP contribution in [0.2, 0.25) is 0 Å². The third-order valence-electron chi connectivity index (χ3n) is 6.64. The molecule has 1 aliphatic carbocycles. The highest BCUT2D eigenvalue weighted by Crippen LogP contribution is 2.39. The molecule has 1 aromatic heterocycles.